The van der Waals surface area contributed by atoms with Gasteiger partial charge in [-0.05, 0) is 37.0 Å². The average molecular weight is 314 g/mol. The van der Waals surface area contributed by atoms with Crippen molar-refractivity contribution in [2.24, 2.45) is 5.92 Å². The molecule has 1 aliphatic rings. The Hall–Kier alpha value is -1.80. The van der Waals surface area contributed by atoms with Crippen molar-refractivity contribution in [3.05, 3.63) is 23.8 Å². The molecule has 0 atom stereocenters. The predicted molar refractivity (Wildman–Crippen MR) is 77.6 cm³/mol. The van der Waals surface area contributed by atoms with Gasteiger partial charge in [-0.15, -0.1) is 0 Å². The van der Waals surface area contributed by atoms with Crippen molar-refractivity contribution >= 4 is 21.9 Å². The van der Waals surface area contributed by atoms with Crippen LogP contribution in [0.25, 0.3) is 0 Å². The van der Waals surface area contributed by atoms with E-state index in [2.05, 4.69) is 11.6 Å². The van der Waals surface area contributed by atoms with Crippen molar-refractivity contribution in [3.8, 4) is 5.75 Å². The SMILES string of the molecule is CC1CCN(S(=O)(=O)Nc2cc(C(=O)O)ccc2O)CC1. The van der Waals surface area contributed by atoms with Crippen LogP contribution in [0.4, 0.5) is 5.69 Å². The third-order valence-corrected chi connectivity index (χ3v) is 5.09. The minimum Gasteiger partial charge on any atom is -0.506 e. The van der Waals surface area contributed by atoms with Crippen LogP contribution in [0, 0.1) is 5.92 Å². The molecular weight excluding hydrogens is 296 g/mol. The number of carboxylic acids is 1. The molecule has 0 aromatic heterocycles. The maximum Gasteiger partial charge on any atom is 0.335 e. The van der Waals surface area contributed by atoms with Crippen LogP contribution in [0.3, 0.4) is 0 Å². The van der Waals surface area contributed by atoms with Crippen LogP contribution in [0.5, 0.6) is 5.75 Å². The highest BCUT2D eigenvalue weighted by molar-refractivity contribution is 7.90. The van der Waals surface area contributed by atoms with Crippen LogP contribution in [-0.4, -0.2) is 42.0 Å². The summed E-state index contributed by atoms with van der Waals surface area (Å²) in [6.45, 7) is 2.89. The molecule has 2 rings (SSSR count). The molecule has 7 nitrogen and oxygen atoms in total. The van der Waals surface area contributed by atoms with Gasteiger partial charge in [0.25, 0.3) is 0 Å². The first-order valence-electron chi connectivity index (χ1n) is 6.64. The number of carbonyl (C=O) groups is 1. The molecule has 3 N–H and O–H groups in total. The highest BCUT2D eigenvalue weighted by Crippen LogP contribution is 2.27. The highest BCUT2D eigenvalue weighted by Gasteiger charge is 2.27. The van der Waals surface area contributed by atoms with E-state index in [1.807, 2.05) is 0 Å². The fourth-order valence-corrected chi connectivity index (χ4v) is 3.44. The van der Waals surface area contributed by atoms with Gasteiger partial charge in [0.2, 0.25) is 0 Å². The minimum atomic E-state index is -3.79. The van der Waals surface area contributed by atoms with Crippen molar-refractivity contribution < 1.29 is 23.4 Å². The van der Waals surface area contributed by atoms with Gasteiger partial charge in [0.1, 0.15) is 5.75 Å². The van der Waals surface area contributed by atoms with E-state index in [4.69, 9.17) is 5.11 Å². The molecule has 116 valence electrons. The number of nitrogens with zero attached hydrogens (tertiary/aromatic N) is 1. The van der Waals surface area contributed by atoms with Crippen LogP contribution in [0.2, 0.25) is 0 Å². The Morgan fingerprint density at radius 2 is 1.95 bits per heavy atom. The minimum absolute atomic E-state index is 0.0993. The molecule has 1 aromatic rings. The summed E-state index contributed by atoms with van der Waals surface area (Å²) in [5.41, 5.74) is -0.230. The Labute approximate surface area is 123 Å². The summed E-state index contributed by atoms with van der Waals surface area (Å²) < 4.78 is 28.1. The number of carboxylic acid groups (broad SMARTS) is 1. The summed E-state index contributed by atoms with van der Waals surface area (Å²) in [6, 6.07) is 3.46. The molecule has 0 spiro atoms. The fraction of sp³-hybridized carbons (Fsp3) is 0.462. The first-order valence-corrected chi connectivity index (χ1v) is 8.08. The van der Waals surface area contributed by atoms with Crippen LogP contribution in [0.15, 0.2) is 18.2 Å². The van der Waals surface area contributed by atoms with E-state index in [1.54, 1.807) is 0 Å². The number of piperidine rings is 1. The van der Waals surface area contributed by atoms with Gasteiger partial charge < -0.3 is 10.2 Å². The normalized spacial score (nSPS) is 17.6. The smallest absolute Gasteiger partial charge is 0.335 e. The second-order valence-electron chi connectivity index (χ2n) is 5.23. The number of rotatable bonds is 4. The largest absolute Gasteiger partial charge is 0.506 e. The molecule has 0 unspecified atom stereocenters. The Balaban J connectivity index is 2.20. The second kappa shape index (κ2) is 5.90. The van der Waals surface area contributed by atoms with E-state index in [-0.39, 0.29) is 17.0 Å². The molecule has 1 saturated heterocycles. The Morgan fingerprint density at radius 3 is 2.52 bits per heavy atom. The van der Waals surface area contributed by atoms with Crippen LogP contribution in [0.1, 0.15) is 30.1 Å². The first-order chi connectivity index (χ1) is 9.79. The van der Waals surface area contributed by atoms with Gasteiger partial charge in [-0.25, -0.2) is 4.79 Å². The van der Waals surface area contributed by atoms with Gasteiger partial charge in [-0.2, -0.15) is 12.7 Å². The van der Waals surface area contributed by atoms with Crippen LogP contribution < -0.4 is 4.72 Å². The molecule has 1 heterocycles. The number of aromatic hydroxyl groups is 1. The molecule has 0 bridgehead atoms. The molecule has 0 radical (unpaired) electrons. The molecule has 0 amide bonds. The predicted octanol–water partition coefficient (Wildman–Crippen LogP) is 1.48. The number of phenols is 1. The van der Waals surface area contributed by atoms with E-state index < -0.39 is 16.2 Å². The van der Waals surface area contributed by atoms with Crippen LogP contribution in [-0.2, 0) is 10.2 Å². The molecule has 8 heteroatoms. The summed E-state index contributed by atoms with van der Waals surface area (Å²) in [7, 11) is -3.79. The third kappa shape index (κ3) is 3.64. The first kappa shape index (κ1) is 15.6. The van der Waals surface area contributed by atoms with Gasteiger partial charge in [0.05, 0.1) is 11.3 Å². The third-order valence-electron chi connectivity index (χ3n) is 3.56. The topological polar surface area (TPSA) is 107 Å². The zero-order chi connectivity index (χ0) is 15.6. The van der Waals surface area contributed by atoms with E-state index in [9.17, 15) is 18.3 Å². The fourth-order valence-electron chi connectivity index (χ4n) is 2.18. The Bertz CT molecular complexity index is 636. The average Bonchev–Trinajstić information content (AvgIpc) is 2.41. The standard InChI is InChI=1S/C13H18N2O5S/c1-9-4-6-15(7-5-9)21(19,20)14-11-8-10(13(17)18)2-3-12(11)16/h2-3,8-9,14,16H,4-7H2,1H3,(H,17,18). The second-order valence-corrected chi connectivity index (χ2v) is 6.90. The van der Waals surface area contributed by atoms with E-state index >= 15 is 0 Å². The molecule has 21 heavy (non-hydrogen) atoms. The number of benzene rings is 1. The number of aromatic carboxylic acids is 1. The summed E-state index contributed by atoms with van der Waals surface area (Å²) in [5.74, 6) is -1.02. The van der Waals surface area contributed by atoms with Crippen molar-refractivity contribution in [2.75, 3.05) is 17.8 Å². The van der Waals surface area contributed by atoms with Crippen molar-refractivity contribution in [1.82, 2.24) is 4.31 Å². The van der Waals surface area contributed by atoms with Gasteiger partial charge in [0.15, 0.2) is 0 Å². The summed E-state index contributed by atoms with van der Waals surface area (Å²) in [5, 5.41) is 18.6. The van der Waals surface area contributed by atoms with Crippen LogP contribution >= 0.6 is 0 Å². The van der Waals surface area contributed by atoms with Crippen molar-refractivity contribution in [1.29, 1.82) is 0 Å². The highest BCUT2D eigenvalue weighted by atomic mass is 32.2. The van der Waals surface area contributed by atoms with Gasteiger partial charge in [-0.1, -0.05) is 6.92 Å². The lowest BCUT2D eigenvalue weighted by atomic mass is 10.0. The van der Waals surface area contributed by atoms with Gasteiger partial charge >= 0.3 is 16.2 Å². The molecule has 1 aliphatic heterocycles. The zero-order valence-corrected chi connectivity index (χ0v) is 12.4. The molecule has 0 saturated carbocycles. The number of anilines is 1. The quantitative estimate of drug-likeness (QED) is 0.730. The number of phenolic OH excluding ortho intramolecular Hbond substituents is 1. The van der Waals surface area contributed by atoms with E-state index in [0.717, 1.165) is 25.0 Å². The lowest BCUT2D eigenvalue weighted by Gasteiger charge is -2.29. The van der Waals surface area contributed by atoms with Crippen molar-refractivity contribution in [3.63, 3.8) is 0 Å². The summed E-state index contributed by atoms with van der Waals surface area (Å²) in [6.07, 6.45) is 1.56. The monoisotopic (exact) mass is 314 g/mol. The zero-order valence-electron chi connectivity index (χ0n) is 11.6. The number of hydrogen-bond acceptors (Lipinski definition) is 4. The van der Waals surface area contributed by atoms with Gasteiger partial charge in [-0.3, -0.25) is 4.72 Å². The Morgan fingerprint density at radius 1 is 1.33 bits per heavy atom. The van der Waals surface area contributed by atoms with Gasteiger partial charge in [0, 0.05) is 13.1 Å². The van der Waals surface area contributed by atoms with E-state index in [0.29, 0.717) is 19.0 Å². The summed E-state index contributed by atoms with van der Waals surface area (Å²) in [4.78, 5) is 10.9. The molecule has 1 fully saturated rings. The maximum absolute atomic E-state index is 12.3. The molecule has 0 aliphatic carbocycles. The van der Waals surface area contributed by atoms with Crippen molar-refractivity contribution in [2.45, 2.75) is 19.8 Å². The molecular formula is C13H18N2O5S. The maximum atomic E-state index is 12.3. The lowest BCUT2D eigenvalue weighted by molar-refractivity contribution is 0.0697. The molecule has 1 aromatic carbocycles. The summed E-state index contributed by atoms with van der Waals surface area (Å²) >= 11 is 0. The number of hydrogen-bond donors (Lipinski definition) is 3. The number of nitrogens with one attached hydrogen (secondary N) is 1. The lowest BCUT2D eigenvalue weighted by Crippen LogP contribution is -2.41. The Kier molecular flexibility index (Phi) is 4.38. The van der Waals surface area contributed by atoms with E-state index in [1.165, 1.54) is 10.4 Å².